The van der Waals surface area contributed by atoms with Crippen molar-refractivity contribution in [3.05, 3.63) is 11.8 Å². The largest absolute Gasteiger partial charge is 0.479 e. The second-order valence-electron chi connectivity index (χ2n) is 4.17. The van der Waals surface area contributed by atoms with Crippen LogP contribution in [0.1, 0.15) is 18.6 Å². The molecule has 1 aromatic rings. The van der Waals surface area contributed by atoms with Crippen LogP contribution in [0.4, 0.5) is 0 Å². The van der Waals surface area contributed by atoms with Gasteiger partial charge in [-0.25, -0.2) is 8.42 Å². The van der Waals surface area contributed by atoms with Crippen molar-refractivity contribution in [2.24, 2.45) is 0 Å². The number of ether oxygens (including phenoxy) is 1. The number of aromatic nitrogens is 1. The van der Waals surface area contributed by atoms with Crippen LogP contribution >= 0.6 is 0 Å². The Morgan fingerprint density at radius 3 is 3.12 bits per heavy atom. The molecule has 96 valence electrons. The van der Waals surface area contributed by atoms with Gasteiger partial charge < -0.3 is 14.6 Å². The van der Waals surface area contributed by atoms with Gasteiger partial charge in [-0.2, -0.15) is 0 Å². The first-order chi connectivity index (χ1) is 8.09. The molecule has 17 heavy (non-hydrogen) atoms. The molecular formula is C10H16N2O4S. The van der Waals surface area contributed by atoms with Crippen LogP contribution in [0, 0.1) is 0 Å². The Morgan fingerprint density at radius 2 is 2.47 bits per heavy atom. The fourth-order valence-corrected chi connectivity index (χ4v) is 3.57. The molecule has 0 bridgehead atoms. The minimum atomic E-state index is -2.87. The van der Waals surface area contributed by atoms with Crippen molar-refractivity contribution in [3.8, 4) is 5.88 Å². The Balaban J connectivity index is 1.85. The number of sulfone groups is 1. The van der Waals surface area contributed by atoms with Crippen LogP contribution in [0.5, 0.6) is 5.88 Å². The molecule has 1 atom stereocenters. The maximum absolute atomic E-state index is 11.4. The predicted octanol–water partition coefficient (Wildman–Crippen LogP) is 0.350. The van der Waals surface area contributed by atoms with Gasteiger partial charge in [0.15, 0.2) is 15.6 Å². The van der Waals surface area contributed by atoms with E-state index < -0.39 is 9.84 Å². The molecule has 1 aliphatic rings. The zero-order chi connectivity index (χ0) is 12.3. The maximum Gasteiger partial charge on any atom is 0.254 e. The molecular weight excluding hydrogens is 244 g/mol. The van der Waals surface area contributed by atoms with E-state index in [0.29, 0.717) is 23.9 Å². The van der Waals surface area contributed by atoms with Crippen molar-refractivity contribution >= 4 is 9.84 Å². The fourth-order valence-electron chi connectivity index (χ4n) is 1.90. The molecule has 6 nitrogen and oxygen atoms in total. The molecule has 0 aliphatic carbocycles. The van der Waals surface area contributed by atoms with E-state index in [0.717, 1.165) is 12.8 Å². The topological polar surface area (TPSA) is 81.4 Å². The van der Waals surface area contributed by atoms with Crippen molar-refractivity contribution in [1.82, 2.24) is 10.5 Å². The first-order valence-electron chi connectivity index (χ1n) is 5.52. The molecule has 1 unspecified atom stereocenters. The molecule has 0 saturated carbocycles. The molecule has 7 heteroatoms. The van der Waals surface area contributed by atoms with E-state index in [1.807, 2.05) is 0 Å². The average molecular weight is 260 g/mol. The van der Waals surface area contributed by atoms with Crippen LogP contribution in [-0.4, -0.2) is 38.2 Å². The Kier molecular flexibility index (Phi) is 3.68. The lowest BCUT2D eigenvalue weighted by Gasteiger charge is -2.22. The van der Waals surface area contributed by atoms with Crippen LogP contribution < -0.4 is 10.1 Å². The molecule has 1 aliphatic heterocycles. The maximum atomic E-state index is 11.4. The van der Waals surface area contributed by atoms with Crippen molar-refractivity contribution < 1.29 is 17.7 Å². The summed E-state index contributed by atoms with van der Waals surface area (Å²) >= 11 is 0. The van der Waals surface area contributed by atoms with Gasteiger partial charge in [0.25, 0.3) is 5.88 Å². The lowest BCUT2D eigenvalue weighted by Crippen LogP contribution is -2.39. The molecule has 1 fully saturated rings. The summed E-state index contributed by atoms with van der Waals surface area (Å²) in [6, 6.07) is 1.69. The third-order valence-electron chi connectivity index (χ3n) is 2.77. The van der Waals surface area contributed by atoms with Gasteiger partial charge >= 0.3 is 0 Å². The standard InChI is InChI=1S/C10H16N2O4S/c1-15-10-5-9(16-12-10)6-11-8-3-2-4-17(13,14)7-8/h5,8,11H,2-4,6-7H2,1H3. The van der Waals surface area contributed by atoms with Gasteiger partial charge in [0.1, 0.15) is 0 Å². The van der Waals surface area contributed by atoms with E-state index in [1.165, 1.54) is 7.11 Å². The van der Waals surface area contributed by atoms with Gasteiger partial charge in [0.05, 0.1) is 25.2 Å². The molecule has 0 radical (unpaired) electrons. The van der Waals surface area contributed by atoms with Crippen LogP contribution in [0.25, 0.3) is 0 Å². The summed E-state index contributed by atoms with van der Waals surface area (Å²) in [4.78, 5) is 0. The third kappa shape index (κ3) is 3.44. The van der Waals surface area contributed by atoms with Crippen molar-refractivity contribution in [2.45, 2.75) is 25.4 Å². The first-order valence-corrected chi connectivity index (χ1v) is 7.34. The summed E-state index contributed by atoms with van der Waals surface area (Å²) < 4.78 is 32.8. The average Bonchev–Trinajstić information content (AvgIpc) is 2.73. The highest BCUT2D eigenvalue weighted by Gasteiger charge is 2.24. The SMILES string of the molecule is COc1cc(CNC2CCCS(=O)(=O)C2)on1. The van der Waals surface area contributed by atoms with Crippen molar-refractivity contribution in [3.63, 3.8) is 0 Å². The minimum absolute atomic E-state index is 0.00449. The van der Waals surface area contributed by atoms with Gasteiger partial charge in [0, 0.05) is 12.1 Å². The lowest BCUT2D eigenvalue weighted by atomic mass is 10.2. The van der Waals surface area contributed by atoms with E-state index in [9.17, 15) is 8.42 Å². The number of nitrogens with one attached hydrogen (secondary N) is 1. The summed E-state index contributed by atoms with van der Waals surface area (Å²) in [6.07, 6.45) is 1.60. The molecule has 0 spiro atoms. The predicted molar refractivity (Wildman–Crippen MR) is 61.6 cm³/mol. The highest BCUT2D eigenvalue weighted by Crippen LogP contribution is 2.14. The summed E-state index contributed by atoms with van der Waals surface area (Å²) in [6.45, 7) is 0.469. The highest BCUT2D eigenvalue weighted by atomic mass is 32.2. The van der Waals surface area contributed by atoms with Gasteiger partial charge in [-0.1, -0.05) is 0 Å². The smallest absolute Gasteiger partial charge is 0.254 e. The molecule has 1 N–H and O–H groups in total. The summed E-state index contributed by atoms with van der Waals surface area (Å²) in [5.41, 5.74) is 0. The lowest BCUT2D eigenvalue weighted by molar-refractivity contribution is 0.319. The molecule has 0 amide bonds. The van der Waals surface area contributed by atoms with Crippen LogP contribution in [0.2, 0.25) is 0 Å². The molecule has 0 aromatic carbocycles. The first kappa shape index (κ1) is 12.4. The van der Waals surface area contributed by atoms with Crippen molar-refractivity contribution in [1.29, 1.82) is 0 Å². The van der Waals surface area contributed by atoms with E-state index in [1.54, 1.807) is 6.07 Å². The van der Waals surface area contributed by atoms with Crippen LogP contribution in [-0.2, 0) is 16.4 Å². The second kappa shape index (κ2) is 5.05. The quantitative estimate of drug-likeness (QED) is 0.841. The zero-order valence-corrected chi connectivity index (χ0v) is 10.5. The summed E-state index contributed by atoms with van der Waals surface area (Å²) in [5, 5.41) is 6.83. The minimum Gasteiger partial charge on any atom is -0.479 e. The number of hydrogen-bond donors (Lipinski definition) is 1. The van der Waals surface area contributed by atoms with E-state index in [2.05, 4.69) is 10.5 Å². The summed E-state index contributed by atoms with van der Waals surface area (Å²) in [7, 11) is -1.35. The molecule has 2 rings (SSSR count). The van der Waals surface area contributed by atoms with Gasteiger partial charge in [-0.15, -0.1) is 0 Å². The zero-order valence-electron chi connectivity index (χ0n) is 9.68. The molecule has 2 heterocycles. The Morgan fingerprint density at radius 1 is 1.65 bits per heavy atom. The van der Waals surface area contributed by atoms with Crippen LogP contribution in [0.3, 0.4) is 0 Å². The number of hydrogen-bond acceptors (Lipinski definition) is 6. The number of rotatable bonds is 4. The van der Waals surface area contributed by atoms with E-state index in [4.69, 9.17) is 9.26 Å². The number of methoxy groups -OCH3 is 1. The molecule has 1 aromatic heterocycles. The molecule has 1 saturated heterocycles. The Hall–Kier alpha value is -1.08. The Bertz CT molecular complexity index is 468. The summed E-state index contributed by atoms with van der Waals surface area (Å²) in [5.74, 6) is 1.59. The van der Waals surface area contributed by atoms with Crippen LogP contribution in [0.15, 0.2) is 10.6 Å². The van der Waals surface area contributed by atoms with Crippen molar-refractivity contribution in [2.75, 3.05) is 18.6 Å². The highest BCUT2D eigenvalue weighted by molar-refractivity contribution is 7.91. The number of nitrogens with zero attached hydrogens (tertiary/aromatic N) is 1. The van der Waals surface area contributed by atoms with E-state index >= 15 is 0 Å². The fraction of sp³-hybridized carbons (Fsp3) is 0.700. The monoisotopic (exact) mass is 260 g/mol. The van der Waals surface area contributed by atoms with Gasteiger partial charge in [-0.3, -0.25) is 0 Å². The Labute approximate surface area is 100 Å². The van der Waals surface area contributed by atoms with Gasteiger partial charge in [0.2, 0.25) is 0 Å². The van der Waals surface area contributed by atoms with Gasteiger partial charge in [-0.05, 0) is 18.0 Å². The third-order valence-corrected chi connectivity index (χ3v) is 4.60. The van der Waals surface area contributed by atoms with E-state index in [-0.39, 0.29) is 11.8 Å². The second-order valence-corrected chi connectivity index (χ2v) is 6.40. The normalized spacial score (nSPS) is 23.5.